The van der Waals surface area contributed by atoms with E-state index in [1.807, 2.05) is 0 Å². The summed E-state index contributed by atoms with van der Waals surface area (Å²) in [6, 6.07) is 8.91. The maximum atomic E-state index is 12.1. The quantitative estimate of drug-likeness (QED) is 0.774. The van der Waals surface area contributed by atoms with Gasteiger partial charge in [-0.15, -0.1) is 0 Å². The van der Waals surface area contributed by atoms with E-state index in [1.165, 1.54) is 24.3 Å². The van der Waals surface area contributed by atoms with Crippen molar-refractivity contribution in [2.75, 3.05) is 11.9 Å². The molecule has 1 amide bonds. The van der Waals surface area contributed by atoms with Gasteiger partial charge >= 0.3 is 6.61 Å². The third-order valence-electron chi connectivity index (χ3n) is 3.33. The molecule has 5 nitrogen and oxygen atoms in total. The lowest BCUT2D eigenvalue weighted by atomic mass is 10.1. The first-order valence-corrected chi connectivity index (χ1v) is 7.43. The van der Waals surface area contributed by atoms with Gasteiger partial charge in [0.2, 0.25) is 0 Å². The van der Waals surface area contributed by atoms with Crippen molar-refractivity contribution in [3.05, 3.63) is 53.1 Å². The number of aryl methyl sites for hydroxylation is 2. The second-order valence-electron chi connectivity index (χ2n) is 5.34. The Labute approximate surface area is 143 Å². The van der Waals surface area contributed by atoms with Crippen molar-refractivity contribution < 1.29 is 27.8 Å². The lowest BCUT2D eigenvalue weighted by Gasteiger charge is -2.13. The monoisotopic (exact) mass is 349 g/mol. The van der Waals surface area contributed by atoms with Crippen molar-refractivity contribution in [1.29, 1.82) is 0 Å². The van der Waals surface area contributed by atoms with Crippen molar-refractivity contribution in [1.82, 2.24) is 0 Å². The summed E-state index contributed by atoms with van der Waals surface area (Å²) >= 11 is 0. The largest absolute Gasteiger partial charge is 0.483 e. The van der Waals surface area contributed by atoms with Crippen molar-refractivity contribution >= 4 is 17.9 Å². The van der Waals surface area contributed by atoms with Crippen molar-refractivity contribution in [2.24, 2.45) is 0 Å². The highest BCUT2D eigenvalue weighted by Gasteiger charge is 2.10. The molecule has 7 heteroatoms. The number of alkyl halides is 2. The minimum Gasteiger partial charge on any atom is -0.483 e. The molecule has 0 unspecified atom stereocenters. The number of anilines is 1. The van der Waals surface area contributed by atoms with E-state index in [1.54, 1.807) is 26.0 Å². The summed E-state index contributed by atoms with van der Waals surface area (Å²) in [5, 5.41) is 2.59. The second-order valence-corrected chi connectivity index (χ2v) is 5.34. The smallest absolute Gasteiger partial charge is 0.387 e. The Hall–Kier alpha value is -2.96. The van der Waals surface area contributed by atoms with E-state index in [9.17, 15) is 18.4 Å². The number of rotatable bonds is 7. The third kappa shape index (κ3) is 5.27. The SMILES string of the molecule is Cc1cc(C=O)cc(C)c1OCC(=O)Nc1ccc(OC(F)F)cc1. The normalized spacial score (nSPS) is 10.4. The molecule has 0 spiro atoms. The zero-order valence-electron chi connectivity index (χ0n) is 13.7. The van der Waals surface area contributed by atoms with Crippen molar-refractivity contribution in [3.8, 4) is 11.5 Å². The van der Waals surface area contributed by atoms with Gasteiger partial charge in [-0.1, -0.05) is 0 Å². The van der Waals surface area contributed by atoms with Crippen molar-refractivity contribution in [2.45, 2.75) is 20.5 Å². The number of aldehydes is 1. The zero-order chi connectivity index (χ0) is 18.4. The van der Waals surface area contributed by atoms with Crippen LogP contribution in [0.15, 0.2) is 36.4 Å². The molecule has 0 bridgehead atoms. The van der Waals surface area contributed by atoms with E-state index in [-0.39, 0.29) is 12.4 Å². The lowest BCUT2D eigenvalue weighted by molar-refractivity contribution is -0.118. The highest BCUT2D eigenvalue weighted by atomic mass is 19.3. The standard InChI is InChI=1S/C18H17F2NO4/c1-11-7-13(9-22)8-12(2)17(11)24-10-16(23)21-14-3-5-15(6-4-14)25-18(19)20/h3-9,18H,10H2,1-2H3,(H,21,23). The highest BCUT2D eigenvalue weighted by molar-refractivity contribution is 5.92. The fourth-order valence-electron chi connectivity index (χ4n) is 2.33. The molecule has 132 valence electrons. The van der Waals surface area contributed by atoms with Crippen LogP contribution >= 0.6 is 0 Å². The van der Waals surface area contributed by atoms with E-state index in [4.69, 9.17) is 4.74 Å². The van der Waals surface area contributed by atoms with E-state index in [2.05, 4.69) is 10.1 Å². The molecule has 0 radical (unpaired) electrons. The molecule has 1 N–H and O–H groups in total. The number of carbonyl (C=O) groups excluding carboxylic acids is 2. The topological polar surface area (TPSA) is 64.6 Å². The fourth-order valence-corrected chi connectivity index (χ4v) is 2.33. The lowest BCUT2D eigenvalue weighted by Crippen LogP contribution is -2.20. The number of halogens is 2. The number of amides is 1. The molecule has 2 aromatic carbocycles. The zero-order valence-corrected chi connectivity index (χ0v) is 13.7. The van der Waals surface area contributed by atoms with Crippen LogP contribution in [0.4, 0.5) is 14.5 Å². The van der Waals surface area contributed by atoms with Crippen LogP contribution in [0.3, 0.4) is 0 Å². The Morgan fingerprint density at radius 1 is 1.16 bits per heavy atom. The van der Waals surface area contributed by atoms with Gasteiger partial charge in [-0.05, 0) is 61.4 Å². The van der Waals surface area contributed by atoms with Crippen LogP contribution in [0.5, 0.6) is 11.5 Å². The maximum Gasteiger partial charge on any atom is 0.387 e. The summed E-state index contributed by atoms with van der Waals surface area (Å²) in [5.41, 5.74) is 2.48. The Morgan fingerprint density at radius 3 is 2.28 bits per heavy atom. The van der Waals surface area contributed by atoms with Gasteiger partial charge in [-0.3, -0.25) is 9.59 Å². The molecular weight excluding hydrogens is 332 g/mol. The number of benzene rings is 2. The van der Waals surface area contributed by atoms with Crippen LogP contribution in [0, 0.1) is 13.8 Å². The van der Waals surface area contributed by atoms with Gasteiger partial charge < -0.3 is 14.8 Å². The second kappa shape index (κ2) is 8.23. The molecule has 0 aliphatic rings. The minimum absolute atomic E-state index is 0.00534. The van der Waals surface area contributed by atoms with Gasteiger partial charge in [0.1, 0.15) is 17.8 Å². The van der Waals surface area contributed by atoms with Gasteiger partial charge in [0.25, 0.3) is 5.91 Å². The number of carbonyl (C=O) groups is 2. The summed E-state index contributed by atoms with van der Waals surface area (Å²) < 4.78 is 33.9. The van der Waals surface area contributed by atoms with Gasteiger partial charge in [0.15, 0.2) is 6.61 Å². The van der Waals surface area contributed by atoms with Gasteiger partial charge in [0, 0.05) is 11.3 Å². The molecule has 0 aliphatic heterocycles. The molecule has 0 aromatic heterocycles. The number of hydrogen-bond donors (Lipinski definition) is 1. The number of nitrogens with one attached hydrogen (secondary N) is 1. The van der Waals surface area contributed by atoms with Crippen LogP contribution in [0.2, 0.25) is 0 Å². The Balaban J connectivity index is 1.94. The first kappa shape index (κ1) is 18.4. The van der Waals surface area contributed by atoms with E-state index < -0.39 is 12.5 Å². The molecule has 0 saturated heterocycles. The average Bonchev–Trinajstić information content (AvgIpc) is 2.55. The number of ether oxygens (including phenoxy) is 2. The summed E-state index contributed by atoms with van der Waals surface area (Å²) in [6.07, 6.45) is 0.748. The minimum atomic E-state index is -2.90. The van der Waals surface area contributed by atoms with E-state index >= 15 is 0 Å². The van der Waals surface area contributed by atoms with Gasteiger partial charge in [0.05, 0.1) is 0 Å². The van der Waals surface area contributed by atoms with Crippen LogP contribution in [-0.2, 0) is 4.79 Å². The first-order valence-electron chi connectivity index (χ1n) is 7.43. The summed E-state index contributed by atoms with van der Waals surface area (Å²) in [6.45, 7) is 0.451. The van der Waals surface area contributed by atoms with Crippen LogP contribution in [0.1, 0.15) is 21.5 Å². The fraction of sp³-hybridized carbons (Fsp3) is 0.222. The summed E-state index contributed by atoms with van der Waals surface area (Å²) in [5.74, 6) is 0.146. The summed E-state index contributed by atoms with van der Waals surface area (Å²) in [7, 11) is 0. The van der Waals surface area contributed by atoms with Gasteiger partial charge in [-0.25, -0.2) is 0 Å². The van der Waals surface area contributed by atoms with Crippen molar-refractivity contribution in [3.63, 3.8) is 0 Å². The Bertz CT molecular complexity index is 737. The maximum absolute atomic E-state index is 12.1. The average molecular weight is 349 g/mol. The van der Waals surface area contributed by atoms with Crippen LogP contribution in [0.25, 0.3) is 0 Å². The predicted molar refractivity (Wildman–Crippen MR) is 88.5 cm³/mol. The number of hydrogen-bond acceptors (Lipinski definition) is 4. The Kier molecular flexibility index (Phi) is 6.05. The van der Waals surface area contributed by atoms with Crippen LogP contribution in [-0.4, -0.2) is 25.4 Å². The first-order chi connectivity index (χ1) is 11.9. The molecular formula is C18H17F2NO4. The molecule has 2 rings (SSSR count). The predicted octanol–water partition coefficient (Wildman–Crippen LogP) is 3.73. The van der Waals surface area contributed by atoms with Crippen LogP contribution < -0.4 is 14.8 Å². The summed E-state index contributed by atoms with van der Waals surface area (Å²) in [4.78, 5) is 22.8. The molecule has 0 atom stereocenters. The molecule has 2 aromatic rings. The van der Waals surface area contributed by atoms with E-state index in [0.717, 1.165) is 17.4 Å². The Morgan fingerprint density at radius 2 is 1.76 bits per heavy atom. The molecule has 0 heterocycles. The molecule has 0 fully saturated rings. The molecule has 25 heavy (non-hydrogen) atoms. The van der Waals surface area contributed by atoms with Gasteiger partial charge in [-0.2, -0.15) is 8.78 Å². The molecule has 0 aliphatic carbocycles. The third-order valence-corrected chi connectivity index (χ3v) is 3.33. The van der Waals surface area contributed by atoms with E-state index in [0.29, 0.717) is 17.0 Å². The molecule has 0 saturated carbocycles. The highest BCUT2D eigenvalue weighted by Crippen LogP contribution is 2.24.